The average molecular weight is 214 g/mol. The maximum Gasteiger partial charge on any atom is 0.235 e. The van der Waals surface area contributed by atoms with Crippen LogP contribution in [0.15, 0.2) is 30.3 Å². The number of benzene rings is 1. The van der Waals surface area contributed by atoms with E-state index in [1.54, 1.807) is 0 Å². The molecular formula is C12H10N2O2. The molecule has 0 radical (unpaired) electrons. The lowest BCUT2D eigenvalue weighted by molar-refractivity contribution is -0.121. The number of H-pyrrole nitrogens is 1. The van der Waals surface area contributed by atoms with Gasteiger partial charge in [0.05, 0.1) is 0 Å². The standard InChI is InChI=1S/C12H10N2O2/c15-11-5-6-12(16)14(11)10-7-8-3-1-2-4-9(8)13-10/h1-4,7,13H,5-6H2. The summed E-state index contributed by atoms with van der Waals surface area (Å²) in [4.78, 5) is 27.4. The number of nitrogens with one attached hydrogen (secondary N) is 1. The van der Waals surface area contributed by atoms with Gasteiger partial charge in [0.15, 0.2) is 0 Å². The van der Waals surface area contributed by atoms with Gasteiger partial charge in [-0.3, -0.25) is 9.59 Å². The Kier molecular flexibility index (Phi) is 1.83. The Morgan fingerprint density at radius 3 is 2.44 bits per heavy atom. The van der Waals surface area contributed by atoms with Crippen LogP contribution in [0.3, 0.4) is 0 Å². The number of rotatable bonds is 1. The molecule has 0 saturated carbocycles. The minimum Gasteiger partial charge on any atom is -0.341 e. The second-order valence-electron chi connectivity index (χ2n) is 3.86. The number of aromatic nitrogens is 1. The summed E-state index contributed by atoms with van der Waals surface area (Å²) in [5, 5.41) is 1.00. The van der Waals surface area contributed by atoms with Gasteiger partial charge >= 0.3 is 0 Å². The highest BCUT2D eigenvalue weighted by molar-refractivity contribution is 6.20. The van der Waals surface area contributed by atoms with E-state index in [1.807, 2.05) is 30.3 Å². The van der Waals surface area contributed by atoms with Crippen molar-refractivity contribution in [2.45, 2.75) is 12.8 Å². The van der Waals surface area contributed by atoms with E-state index in [-0.39, 0.29) is 11.8 Å². The third-order valence-corrected chi connectivity index (χ3v) is 2.81. The fourth-order valence-corrected chi connectivity index (χ4v) is 2.02. The second-order valence-corrected chi connectivity index (χ2v) is 3.86. The van der Waals surface area contributed by atoms with Crippen LogP contribution in [0.25, 0.3) is 10.9 Å². The Morgan fingerprint density at radius 1 is 1.06 bits per heavy atom. The number of fused-ring (bicyclic) bond motifs is 1. The van der Waals surface area contributed by atoms with Gasteiger partial charge in [-0.15, -0.1) is 0 Å². The predicted molar refractivity (Wildman–Crippen MR) is 60.0 cm³/mol. The summed E-state index contributed by atoms with van der Waals surface area (Å²) in [6.07, 6.45) is 0.627. The van der Waals surface area contributed by atoms with E-state index < -0.39 is 0 Å². The molecule has 2 aromatic rings. The van der Waals surface area contributed by atoms with E-state index in [1.165, 1.54) is 4.90 Å². The highest BCUT2D eigenvalue weighted by atomic mass is 16.2. The van der Waals surface area contributed by atoms with Gasteiger partial charge in [-0.25, -0.2) is 4.90 Å². The first-order valence-corrected chi connectivity index (χ1v) is 5.19. The molecule has 0 spiro atoms. The zero-order valence-corrected chi connectivity index (χ0v) is 8.56. The largest absolute Gasteiger partial charge is 0.341 e. The minimum atomic E-state index is -0.128. The fourth-order valence-electron chi connectivity index (χ4n) is 2.02. The van der Waals surface area contributed by atoms with Crippen molar-refractivity contribution in [3.8, 4) is 0 Å². The summed E-state index contributed by atoms with van der Waals surface area (Å²) in [7, 11) is 0. The normalized spacial score (nSPS) is 16.4. The average Bonchev–Trinajstić information content (AvgIpc) is 2.82. The zero-order chi connectivity index (χ0) is 11.1. The molecule has 1 N–H and O–H groups in total. The number of anilines is 1. The van der Waals surface area contributed by atoms with Crippen LogP contribution in [-0.2, 0) is 9.59 Å². The number of para-hydroxylation sites is 1. The van der Waals surface area contributed by atoms with E-state index in [0.29, 0.717) is 18.7 Å². The number of imide groups is 1. The van der Waals surface area contributed by atoms with Gasteiger partial charge in [0.2, 0.25) is 11.8 Å². The van der Waals surface area contributed by atoms with Crippen molar-refractivity contribution in [2.75, 3.05) is 4.90 Å². The number of carbonyl (C=O) groups excluding carboxylic acids is 2. The number of hydrogen-bond donors (Lipinski definition) is 1. The van der Waals surface area contributed by atoms with E-state index >= 15 is 0 Å². The van der Waals surface area contributed by atoms with E-state index in [0.717, 1.165) is 10.9 Å². The van der Waals surface area contributed by atoms with Crippen LogP contribution in [0.4, 0.5) is 5.82 Å². The summed E-state index contributed by atoms with van der Waals surface area (Å²) in [5.41, 5.74) is 0.935. The van der Waals surface area contributed by atoms with Gasteiger partial charge in [0.1, 0.15) is 5.82 Å². The van der Waals surface area contributed by atoms with Crippen molar-refractivity contribution in [1.82, 2.24) is 4.98 Å². The lowest BCUT2D eigenvalue weighted by atomic mass is 10.2. The topological polar surface area (TPSA) is 53.2 Å². The van der Waals surface area contributed by atoms with Crippen molar-refractivity contribution < 1.29 is 9.59 Å². The Hall–Kier alpha value is -2.10. The molecule has 3 rings (SSSR count). The van der Waals surface area contributed by atoms with Gasteiger partial charge in [-0.05, 0) is 12.1 Å². The van der Waals surface area contributed by atoms with Gasteiger partial charge in [-0.1, -0.05) is 18.2 Å². The highest BCUT2D eigenvalue weighted by Crippen LogP contribution is 2.25. The minimum absolute atomic E-state index is 0.128. The smallest absolute Gasteiger partial charge is 0.235 e. The first-order chi connectivity index (χ1) is 7.75. The molecule has 1 aromatic carbocycles. The van der Waals surface area contributed by atoms with Gasteiger partial charge in [0, 0.05) is 23.7 Å². The molecule has 1 saturated heterocycles. The van der Waals surface area contributed by atoms with Crippen molar-refractivity contribution in [3.05, 3.63) is 30.3 Å². The van der Waals surface area contributed by atoms with Crippen LogP contribution in [0.1, 0.15) is 12.8 Å². The fraction of sp³-hybridized carbons (Fsp3) is 0.167. The van der Waals surface area contributed by atoms with Gasteiger partial charge in [-0.2, -0.15) is 0 Å². The SMILES string of the molecule is O=C1CCC(=O)N1c1cc2ccccc2[nH]1. The van der Waals surface area contributed by atoms with Crippen LogP contribution in [0.2, 0.25) is 0 Å². The van der Waals surface area contributed by atoms with Crippen molar-refractivity contribution in [1.29, 1.82) is 0 Å². The monoisotopic (exact) mass is 214 g/mol. The molecule has 0 bridgehead atoms. The summed E-state index contributed by atoms with van der Waals surface area (Å²) in [5.74, 6) is 0.321. The maximum atomic E-state index is 11.5. The second kappa shape index (κ2) is 3.20. The van der Waals surface area contributed by atoms with Gasteiger partial charge in [0.25, 0.3) is 0 Å². The molecule has 0 atom stereocenters. The number of aromatic amines is 1. The third-order valence-electron chi connectivity index (χ3n) is 2.81. The quantitative estimate of drug-likeness (QED) is 0.736. The Balaban J connectivity index is 2.12. The molecule has 80 valence electrons. The summed E-state index contributed by atoms with van der Waals surface area (Å²) >= 11 is 0. The molecular weight excluding hydrogens is 204 g/mol. The summed E-state index contributed by atoms with van der Waals surface area (Å²) in [6, 6.07) is 9.53. The number of nitrogens with zero attached hydrogens (tertiary/aromatic N) is 1. The lowest BCUT2D eigenvalue weighted by Gasteiger charge is -2.10. The molecule has 0 aliphatic carbocycles. The van der Waals surface area contributed by atoms with Crippen molar-refractivity contribution >= 4 is 28.5 Å². The van der Waals surface area contributed by atoms with Crippen LogP contribution >= 0.6 is 0 Å². The molecule has 1 aromatic heterocycles. The third kappa shape index (κ3) is 1.23. The Bertz CT molecular complexity index is 536. The summed E-state index contributed by atoms with van der Waals surface area (Å²) < 4.78 is 0. The number of amides is 2. The van der Waals surface area contributed by atoms with E-state index in [2.05, 4.69) is 4.98 Å². The molecule has 2 heterocycles. The number of carbonyl (C=O) groups is 2. The van der Waals surface area contributed by atoms with E-state index in [9.17, 15) is 9.59 Å². The molecule has 16 heavy (non-hydrogen) atoms. The van der Waals surface area contributed by atoms with Gasteiger partial charge < -0.3 is 4.98 Å². The summed E-state index contributed by atoms with van der Waals surface area (Å²) in [6.45, 7) is 0. The molecule has 2 amide bonds. The molecule has 4 heteroatoms. The van der Waals surface area contributed by atoms with Crippen LogP contribution in [0.5, 0.6) is 0 Å². The van der Waals surface area contributed by atoms with Crippen LogP contribution in [-0.4, -0.2) is 16.8 Å². The maximum absolute atomic E-state index is 11.5. The highest BCUT2D eigenvalue weighted by Gasteiger charge is 2.31. The zero-order valence-electron chi connectivity index (χ0n) is 8.56. The van der Waals surface area contributed by atoms with Crippen molar-refractivity contribution in [2.24, 2.45) is 0 Å². The van der Waals surface area contributed by atoms with E-state index in [4.69, 9.17) is 0 Å². The lowest BCUT2D eigenvalue weighted by Crippen LogP contribution is -2.28. The first-order valence-electron chi connectivity index (χ1n) is 5.19. The predicted octanol–water partition coefficient (Wildman–Crippen LogP) is 1.82. The first kappa shape index (κ1) is 9.15. The molecule has 4 nitrogen and oxygen atoms in total. The van der Waals surface area contributed by atoms with Crippen molar-refractivity contribution in [3.63, 3.8) is 0 Å². The van der Waals surface area contributed by atoms with Crippen LogP contribution in [0, 0.1) is 0 Å². The number of hydrogen-bond acceptors (Lipinski definition) is 2. The molecule has 1 aliphatic rings. The molecule has 0 unspecified atom stereocenters. The Labute approximate surface area is 91.9 Å². The Morgan fingerprint density at radius 2 is 1.75 bits per heavy atom. The molecule has 1 aliphatic heterocycles. The molecule has 1 fully saturated rings. The van der Waals surface area contributed by atoms with Crippen LogP contribution < -0.4 is 4.90 Å².